The number of allylic oxidation sites excluding steroid dienone is 2. The summed E-state index contributed by atoms with van der Waals surface area (Å²) in [6, 6.07) is 22.8. The molecule has 0 heterocycles. The van der Waals surface area contributed by atoms with E-state index in [9.17, 15) is 4.79 Å². The maximum Gasteiger partial charge on any atom is 0.319 e. The van der Waals surface area contributed by atoms with Crippen LogP contribution in [0.4, 0.5) is 10.5 Å². The number of nitrogens with one attached hydrogen (secondary N) is 2. The van der Waals surface area contributed by atoms with Crippen LogP contribution in [0.3, 0.4) is 0 Å². The van der Waals surface area contributed by atoms with Gasteiger partial charge in [0, 0.05) is 15.7 Å². The van der Waals surface area contributed by atoms with Crippen LogP contribution in [0.2, 0.25) is 10.0 Å². The van der Waals surface area contributed by atoms with Gasteiger partial charge >= 0.3 is 6.03 Å². The minimum absolute atomic E-state index is 0.287. The van der Waals surface area contributed by atoms with Gasteiger partial charge in [0.25, 0.3) is 0 Å². The van der Waals surface area contributed by atoms with E-state index >= 15 is 0 Å². The molecule has 31 heavy (non-hydrogen) atoms. The standard InChI is InChI=1S/C26H24Cl2N2O/c27-22-15-23(28)17-24(16-22)29-26(31)30-25(20-9-5-2-6-10-20)21-13-11-19(12-14-21)18-7-3-1-4-8-18/h2,5-7,9-17,25H,1,3-4,8H2,(H2,29,30,31). The van der Waals surface area contributed by atoms with Crippen molar-refractivity contribution in [2.75, 3.05) is 5.32 Å². The first kappa shape index (κ1) is 21.5. The summed E-state index contributed by atoms with van der Waals surface area (Å²) in [5.74, 6) is 0. The molecule has 3 nitrogen and oxygen atoms in total. The first-order chi connectivity index (χ1) is 15.1. The summed E-state index contributed by atoms with van der Waals surface area (Å²) in [7, 11) is 0. The molecule has 5 heteroatoms. The lowest BCUT2D eigenvalue weighted by atomic mass is 9.91. The van der Waals surface area contributed by atoms with E-state index in [1.54, 1.807) is 18.2 Å². The Morgan fingerprint density at radius 3 is 2.16 bits per heavy atom. The number of carbonyl (C=O) groups is 1. The van der Waals surface area contributed by atoms with Crippen molar-refractivity contribution >= 4 is 40.5 Å². The minimum Gasteiger partial charge on any atom is -0.327 e. The number of rotatable bonds is 5. The van der Waals surface area contributed by atoms with Crippen molar-refractivity contribution in [3.63, 3.8) is 0 Å². The van der Waals surface area contributed by atoms with Crippen LogP contribution in [0.5, 0.6) is 0 Å². The van der Waals surface area contributed by atoms with E-state index in [1.165, 1.54) is 24.0 Å². The van der Waals surface area contributed by atoms with Crippen molar-refractivity contribution in [3.05, 3.63) is 106 Å². The monoisotopic (exact) mass is 450 g/mol. The second-order valence-corrected chi connectivity index (χ2v) is 8.57. The average Bonchev–Trinajstić information content (AvgIpc) is 2.78. The zero-order valence-electron chi connectivity index (χ0n) is 17.1. The summed E-state index contributed by atoms with van der Waals surface area (Å²) in [5.41, 5.74) is 5.24. The minimum atomic E-state index is -0.328. The molecule has 0 spiro atoms. The average molecular weight is 451 g/mol. The lowest BCUT2D eigenvalue weighted by Crippen LogP contribution is -2.33. The van der Waals surface area contributed by atoms with Crippen LogP contribution in [0.1, 0.15) is 48.4 Å². The van der Waals surface area contributed by atoms with Crippen LogP contribution < -0.4 is 10.6 Å². The van der Waals surface area contributed by atoms with Gasteiger partial charge in [-0.25, -0.2) is 4.79 Å². The highest BCUT2D eigenvalue weighted by Crippen LogP contribution is 2.29. The molecule has 1 atom stereocenters. The van der Waals surface area contributed by atoms with E-state index in [4.69, 9.17) is 23.2 Å². The number of hydrogen-bond donors (Lipinski definition) is 2. The highest BCUT2D eigenvalue weighted by molar-refractivity contribution is 6.35. The first-order valence-electron chi connectivity index (χ1n) is 10.5. The summed E-state index contributed by atoms with van der Waals surface area (Å²) >= 11 is 12.1. The molecule has 1 aliphatic rings. The molecule has 0 saturated carbocycles. The van der Waals surface area contributed by atoms with Crippen LogP contribution in [-0.4, -0.2) is 6.03 Å². The SMILES string of the molecule is O=C(Nc1cc(Cl)cc(Cl)c1)NC(c1ccccc1)c1ccc(C2=CCCCC2)cc1. The summed E-state index contributed by atoms with van der Waals surface area (Å²) in [5, 5.41) is 6.85. The summed E-state index contributed by atoms with van der Waals surface area (Å²) in [6.45, 7) is 0. The lowest BCUT2D eigenvalue weighted by molar-refractivity contribution is 0.250. The molecule has 1 aliphatic carbocycles. The molecule has 0 saturated heterocycles. The third kappa shape index (κ3) is 5.69. The van der Waals surface area contributed by atoms with Crippen LogP contribution in [0.25, 0.3) is 5.57 Å². The molecule has 3 aromatic carbocycles. The fraction of sp³-hybridized carbons (Fsp3) is 0.192. The Hall–Kier alpha value is -2.75. The second kappa shape index (κ2) is 10.0. The van der Waals surface area contributed by atoms with Crippen molar-refractivity contribution < 1.29 is 4.79 Å². The number of anilines is 1. The number of halogens is 2. The van der Waals surface area contributed by atoms with Gasteiger partial charge in [0.2, 0.25) is 0 Å². The van der Waals surface area contributed by atoms with Gasteiger partial charge in [-0.15, -0.1) is 0 Å². The Balaban J connectivity index is 1.56. The molecule has 0 radical (unpaired) electrons. The van der Waals surface area contributed by atoms with Crippen molar-refractivity contribution in [2.24, 2.45) is 0 Å². The zero-order valence-corrected chi connectivity index (χ0v) is 18.6. The Morgan fingerprint density at radius 1 is 0.839 bits per heavy atom. The molecule has 2 N–H and O–H groups in total. The molecule has 0 fully saturated rings. The number of carbonyl (C=O) groups excluding carboxylic acids is 1. The molecular weight excluding hydrogens is 427 g/mol. The number of hydrogen-bond acceptors (Lipinski definition) is 1. The van der Waals surface area contributed by atoms with Gasteiger partial charge in [-0.1, -0.05) is 83.9 Å². The van der Waals surface area contributed by atoms with E-state index in [1.807, 2.05) is 30.3 Å². The molecule has 0 aliphatic heterocycles. The summed E-state index contributed by atoms with van der Waals surface area (Å²) < 4.78 is 0. The molecule has 4 rings (SSSR count). The van der Waals surface area contributed by atoms with Gasteiger partial charge in [-0.05, 0) is 66.1 Å². The number of amides is 2. The predicted molar refractivity (Wildman–Crippen MR) is 130 cm³/mol. The van der Waals surface area contributed by atoms with Crippen molar-refractivity contribution in [3.8, 4) is 0 Å². The third-order valence-electron chi connectivity index (χ3n) is 5.43. The fourth-order valence-corrected chi connectivity index (χ4v) is 4.44. The van der Waals surface area contributed by atoms with Gasteiger partial charge in [0.1, 0.15) is 0 Å². The largest absolute Gasteiger partial charge is 0.327 e. The molecule has 1 unspecified atom stereocenters. The molecule has 0 aromatic heterocycles. The summed E-state index contributed by atoms with van der Waals surface area (Å²) in [4.78, 5) is 12.8. The van der Waals surface area contributed by atoms with E-state index in [0.29, 0.717) is 15.7 Å². The molecule has 0 bridgehead atoms. The van der Waals surface area contributed by atoms with E-state index in [0.717, 1.165) is 24.0 Å². The van der Waals surface area contributed by atoms with Crippen LogP contribution in [0, 0.1) is 0 Å². The molecule has 2 amide bonds. The number of benzene rings is 3. The van der Waals surface area contributed by atoms with Crippen LogP contribution >= 0.6 is 23.2 Å². The Kier molecular flexibility index (Phi) is 6.96. The van der Waals surface area contributed by atoms with Crippen molar-refractivity contribution in [2.45, 2.75) is 31.7 Å². The Bertz CT molecular complexity index is 1060. The van der Waals surface area contributed by atoms with E-state index < -0.39 is 0 Å². The normalized spacial score (nSPS) is 14.5. The third-order valence-corrected chi connectivity index (χ3v) is 5.87. The Labute approximate surface area is 193 Å². The van der Waals surface area contributed by atoms with Crippen LogP contribution in [0.15, 0.2) is 78.9 Å². The number of urea groups is 1. The molecule has 3 aromatic rings. The van der Waals surface area contributed by atoms with Gasteiger partial charge < -0.3 is 10.6 Å². The Morgan fingerprint density at radius 2 is 1.52 bits per heavy atom. The smallest absolute Gasteiger partial charge is 0.319 e. The maximum atomic E-state index is 12.8. The van der Waals surface area contributed by atoms with Crippen molar-refractivity contribution in [1.29, 1.82) is 0 Å². The first-order valence-corrected chi connectivity index (χ1v) is 11.2. The topological polar surface area (TPSA) is 41.1 Å². The predicted octanol–water partition coefficient (Wildman–Crippen LogP) is 7.86. The van der Waals surface area contributed by atoms with Gasteiger partial charge in [-0.2, -0.15) is 0 Å². The summed E-state index contributed by atoms with van der Waals surface area (Å²) in [6.07, 6.45) is 7.14. The van der Waals surface area contributed by atoms with Gasteiger partial charge in [-0.3, -0.25) is 0 Å². The second-order valence-electron chi connectivity index (χ2n) is 7.70. The molecular formula is C26H24Cl2N2O. The fourth-order valence-electron chi connectivity index (χ4n) is 3.92. The van der Waals surface area contributed by atoms with Gasteiger partial charge in [0.15, 0.2) is 0 Å². The highest BCUT2D eigenvalue weighted by atomic mass is 35.5. The van der Waals surface area contributed by atoms with Crippen LogP contribution in [-0.2, 0) is 0 Å². The zero-order chi connectivity index (χ0) is 21.6. The van der Waals surface area contributed by atoms with Crippen molar-refractivity contribution in [1.82, 2.24) is 5.32 Å². The van der Waals surface area contributed by atoms with E-state index in [-0.39, 0.29) is 12.1 Å². The van der Waals surface area contributed by atoms with Gasteiger partial charge in [0.05, 0.1) is 6.04 Å². The lowest BCUT2D eigenvalue weighted by Gasteiger charge is -2.21. The van der Waals surface area contributed by atoms with E-state index in [2.05, 4.69) is 41.0 Å². The maximum absolute atomic E-state index is 12.8. The quantitative estimate of drug-likeness (QED) is 0.407. The highest BCUT2D eigenvalue weighted by Gasteiger charge is 2.18. The molecule has 158 valence electrons.